The molecule has 0 fully saturated rings. The summed E-state index contributed by atoms with van der Waals surface area (Å²) in [5.74, 6) is 1.29. The SMILES string of the molecule is COc1cc(C)cc(OC)c1[C@@H](N)CO.Cl. The quantitative estimate of drug-likeness (QED) is 0.845. The van der Waals surface area contributed by atoms with Crippen molar-refractivity contribution in [3.63, 3.8) is 0 Å². The highest BCUT2D eigenvalue weighted by atomic mass is 35.5. The van der Waals surface area contributed by atoms with Crippen LogP contribution in [0.2, 0.25) is 0 Å². The van der Waals surface area contributed by atoms with E-state index in [4.69, 9.17) is 20.3 Å². The molecule has 0 aliphatic carbocycles. The van der Waals surface area contributed by atoms with E-state index < -0.39 is 6.04 Å². The van der Waals surface area contributed by atoms with Crippen LogP contribution in [-0.2, 0) is 0 Å². The summed E-state index contributed by atoms with van der Waals surface area (Å²) in [5, 5.41) is 9.06. The van der Waals surface area contributed by atoms with Crippen LogP contribution in [0.15, 0.2) is 12.1 Å². The summed E-state index contributed by atoms with van der Waals surface area (Å²) in [6.07, 6.45) is 0. The Hall–Kier alpha value is -0.970. The molecule has 1 atom stereocenters. The zero-order chi connectivity index (χ0) is 11.4. The van der Waals surface area contributed by atoms with Crippen molar-refractivity contribution >= 4 is 12.4 Å². The Balaban J connectivity index is 0.00000225. The van der Waals surface area contributed by atoms with Gasteiger partial charge in [-0.1, -0.05) is 0 Å². The summed E-state index contributed by atoms with van der Waals surface area (Å²) in [4.78, 5) is 0. The van der Waals surface area contributed by atoms with Crippen molar-refractivity contribution in [3.05, 3.63) is 23.3 Å². The normalized spacial score (nSPS) is 11.6. The van der Waals surface area contributed by atoms with Crippen molar-refractivity contribution in [2.45, 2.75) is 13.0 Å². The number of hydrogen-bond acceptors (Lipinski definition) is 4. The van der Waals surface area contributed by atoms with Crippen LogP contribution >= 0.6 is 12.4 Å². The standard InChI is InChI=1S/C11H17NO3.ClH/c1-7-4-9(14-2)11(8(12)6-13)10(5-7)15-3;/h4-5,8,13H,6,12H2,1-3H3;1H/t8-;/m0./s1. The van der Waals surface area contributed by atoms with E-state index in [1.165, 1.54) is 0 Å². The van der Waals surface area contributed by atoms with Crippen LogP contribution in [0.4, 0.5) is 0 Å². The lowest BCUT2D eigenvalue weighted by Gasteiger charge is -2.18. The first kappa shape index (κ1) is 15.0. The minimum atomic E-state index is -0.490. The summed E-state index contributed by atoms with van der Waals surface area (Å²) < 4.78 is 10.4. The predicted octanol–water partition coefficient (Wildman–Crippen LogP) is 1.43. The Morgan fingerprint density at radius 1 is 1.25 bits per heavy atom. The number of nitrogens with two attached hydrogens (primary N) is 1. The van der Waals surface area contributed by atoms with E-state index in [1.54, 1.807) is 14.2 Å². The molecule has 16 heavy (non-hydrogen) atoms. The number of methoxy groups -OCH3 is 2. The van der Waals surface area contributed by atoms with Gasteiger partial charge in [0, 0.05) is 0 Å². The van der Waals surface area contributed by atoms with Gasteiger partial charge in [-0.3, -0.25) is 0 Å². The van der Waals surface area contributed by atoms with Crippen molar-refractivity contribution in [2.24, 2.45) is 5.73 Å². The number of rotatable bonds is 4. The van der Waals surface area contributed by atoms with E-state index in [0.29, 0.717) is 17.1 Å². The van der Waals surface area contributed by atoms with E-state index >= 15 is 0 Å². The molecule has 0 heterocycles. The third-order valence-electron chi connectivity index (χ3n) is 2.26. The number of ether oxygens (including phenoxy) is 2. The molecule has 3 N–H and O–H groups in total. The van der Waals surface area contributed by atoms with Gasteiger partial charge in [-0.15, -0.1) is 12.4 Å². The van der Waals surface area contributed by atoms with Crippen LogP contribution < -0.4 is 15.2 Å². The van der Waals surface area contributed by atoms with Crippen LogP contribution in [0.25, 0.3) is 0 Å². The van der Waals surface area contributed by atoms with Gasteiger partial charge in [-0.2, -0.15) is 0 Å². The molecule has 1 rings (SSSR count). The Morgan fingerprint density at radius 3 is 2.00 bits per heavy atom. The fourth-order valence-electron chi connectivity index (χ4n) is 1.53. The van der Waals surface area contributed by atoms with Gasteiger partial charge in [-0.25, -0.2) is 0 Å². The Kier molecular flexibility index (Phi) is 6.18. The second-order valence-electron chi connectivity index (χ2n) is 3.37. The highest BCUT2D eigenvalue weighted by Gasteiger charge is 2.17. The molecule has 5 heteroatoms. The van der Waals surface area contributed by atoms with Crippen molar-refractivity contribution in [1.29, 1.82) is 0 Å². The third-order valence-corrected chi connectivity index (χ3v) is 2.26. The van der Waals surface area contributed by atoms with Gasteiger partial charge in [0.25, 0.3) is 0 Å². The Bertz CT molecular complexity index is 319. The molecule has 0 aliphatic heterocycles. The molecule has 4 nitrogen and oxygen atoms in total. The molecule has 92 valence electrons. The molecule has 0 spiro atoms. The van der Waals surface area contributed by atoms with E-state index in [2.05, 4.69) is 0 Å². The number of aliphatic hydroxyl groups excluding tert-OH is 1. The topological polar surface area (TPSA) is 64.7 Å². The molecule has 0 bridgehead atoms. The van der Waals surface area contributed by atoms with Crippen molar-refractivity contribution in [3.8, 4) is 11.5 Å². The first-order valence-corrected chi connectivity index (χ1v) is 4.73. The van der Waals surface area contributed by atoms with Gasteiger partial charge in [0.1, 0.15) is 11.5 Å². The van der Waals surface area contributed by atoms with Gasteiger partial charge in [0.2, 0.25) is 0 Å². The number of aryl methyl sites for hydroxylation is 1. The molecule has 0 aliphatic rings. The number of aliphatic hydroxyl groups is 1. The minimum absolute atomic E-state index is 0. The molecular weight excluding hydrogens is 230 g/mol. The molecule has 0 amide bonds. The second-order valence-corrected chi connectivity index (χ2v) is 3.37. The second kappa shape index (κ2) is 6.58. The molecule has 1 aromatic carbocycles. The molecule has 1 aromatic rings. The maximum atomic E-state index is 9.06. The smallest absolute Gasteiger partial charge is 0.127 e. The van der Waals surface area contributed by atoms with Crippen LogP contribution in [-0.4, -0.2) is 25.9 Å². The number of hydrogen-bond donors (Lipinski definition) is 2. The lowest BCUT2D eigenvalue weighted by molar-refractivity contribution is 0.260. The van der Waals surface area contributed by atoms with E-state index in [0.717, 1.165) is 5.56 Å². The Morgan fingerprint density at radius 2 is 1.69 bits per heavy atom. The first-order valence-electron chi connectivity index (χ1n) is 4.73. The molecule has 0 unspecified atom stereocenters. The molecule has 0 saturated carbocycles. The fourth-order valence-corrected chi connectivity index (χ4v) is 1.53. The van der Waals surface area contributed by atoms with Gasteiger partial charge < -0.3 is 20.3 Å². The average molecular weight is 248 g/mol. The lowest BCUT2D eigenvalue weighted by Crippen LogP contribution is -2.16. The van der Waals surface area contributed by atoms with Crippen molar-refractivity contribution in [1.82, 2.24) is 0 Å². The fraction of sp³-hybridized carbons (Fsp3) is 0.455. The van der Waals surface area contributed by atoms with Gasteiger partial charge in [-0.05, 0) is 24.6 Å². The summed E-state index contributed by atoms with van der Waals surface area (Å²) in [6.45, 7) is 1.80. The van der Waals surface area contributed by atoms with Gasteiger partial charge in [0.15, 0.2) is 0 Å². The lowest BCUT2D eigenvalue weighted by atomic mass is 10.0. The van der Waals surface area contributed by atoms with Gasteiger partial charge >= 0.3 is 0 Å². The maximum Gasteiger partial charge on any atom is 0.127 e. The van der Waals surface area contributed by atoms with Crippen LogP contribution in [0.5, 0.6) is 11.5 Å². The molecule has 0 radical (unpaired) electrons. The largest absolute Gasteiger partial charge is 0.496 e. The Labute approximate surface area is 102 Å². The van der Waals surface area contributed by atoms with Crippen molar-refractivity contribution < 1.29 is 14.6 Å². The van der Waals surface area contributed by atoms with Crippen LogP contribution in [0.1, 0.15) is 17.2 Å². The predicted molar refractivity (Wildman–Crippen MR) is 65.5 cm³/mol. The zero-order valence-electron chi connectivity index (χ0n) is 9.69. The minimum Gasteiger partial charge on any atom is -0.496 e. The first-order chi connectivity index (χ1) is 7.13. The maximum absolute atomic E-state index is 9.06. The molecule has 0 aromatic heterocycles. The zero-order valence-corrected chi connectivity index (χ0v) is 10.5. The summed E-state index contributed by atoms with van der Waals surface area (Å²) >= 11 is 0. The highest BCUT2D eigenvalue weighted by molar-refractivity contribution is 5.85. The number of benzene rings is 1. The monoisotopic (exact) mass is 247 g/mol. The highest BCUT2D eigenvalue weighted by Crippen LogP contribution is 2.34. The summed E-state index contributed by atoms with van der Waals surface area (Å²) in [6, 6.07) is 3.25. The van der Waals surface area contributed by atoms with Crippen molar-refractivity contribution in [2.75, 3.05) is 20.8 Å². The molecular formula is C11H18ClNO3. The van der Waals surface area contributed by atoms with Crippen LogP contribution in [0.3, 0.4) is 0 Å². The van der Waals surface area contributed by atoms with E-state index in [1.807, 2.05) is 19.1 Å². The summed E-state index contributed by atoms with van der Waals surface area (Å²) in [5.41, 5.74) is 7.51. The third kappa shape index (κ3) is 3.01. The summed E-state index contributed by atoms with van der Waals surface area (Å²) in [7, 11) is 3.14. The van der Waals surface area contributed by atoms with E-state index in [-0.39, 0.29) is 19.0 Å². The van der Waals surface area contributed by atoms with Crippen LogP contribution in [0, 0.1) is 6.92 Å². The van der Waals surface area contributed by atoms with Gasteiger partial charge in [0.05, 0.1) is 32.4 Å². The average Bonchev–Trinajstić information content (AvgIpc) is 2.26. The van der Waals surface area contributed by atoms with E-state index in [9.17, 15) is 0 Å². The number of halogens is 1. The molecule has 0 saturated heterocycles.